The maximum atomic E-state index is 11.4. The van der Waals surface area contributed by atoms with E-state index >= 15 is 0 Å². The zero-order valence-electron chi connectivity index (χ0n) is 16.0. The van der Waals surface area contributed by atoms with Crippen molar-refractivity contribution < 1.29 is 14.6 Å². The predicted octanol–water partition coefficient (Wildman–Crippen LogP) is 6.32. The Balaban J connectivity index is 2.00. The molecule has 0 aliphatic carbocycles. The number of nitrogens with zero attached hydrogens (tertiary/aromatic N) is 3. The molecule has 0 N–H and O–H groups in total. The van der Waals surface area contributed by atoms with Crippen molar-refractivity contribution in [3.63, 3.8) is 0 Å². The minimum absolute atomic E-state index is 0.130. The first-order chi connectivity index (χ1) is 14.3. The van der Waals surface area contributed by atoms with Crippen LogP contribution in [0, 0.1) is 34.1 Å². The molecule has 0 fully saturated rings. The molecule has 3 aromatic carbocycles. The van der Waals surface area contributed by atoms with E-state index in [4.69, 9.17) is 16.3 Å². The van der Waals surface area contributed by atoms with Gasteiger partial charge in [-0.15, -0.1) is 0 Å². The second-order valence-electron chi connectivity index (χ2n) is 6.43. The third-order valence-corrected chi connectivity index (χ3v) is 4.70. The summed E-state index contributed by atoms with van der Waals surface area (Å²) in [4.78, 5) is 25.3. The van der Waals surface area contributed by atoms with Gasteiger partial charge in [-0.05, 0) is 55.3 Å². The molecule has 0 amide bonds. The molecule has 0 aliphatic rings. The third kappa shape index (κ3) is 4.61. The van der Waals surface area contributed by atoms with Gasteiger partial charge in [0.15, 0.2) is 0 Å². The fraction of sp³-hybridized carbons (Fsp3) is 0.0952. The van der Waals surface area contributed by atoms with Crippen LogP contribution in [0.2, 0.25) is 5.02 Å². The molecule has 8 nitrogen and oxygen atoms in total. The Kier molecular flexibility index (Phi) is 6.08. The van der Waals surface area contributed by atoms with E-state index in [1.54, 1.807) is 24.4 Å². The second kappa shape index (κ2) is 8.71. The van der Waals surface area contributed by atoms with Crippen LogP contribution in [0.5, 0.6) is 11.5 Å². The lowest BCUT2D eigenvalue weighted by Gasteiger charge is -2.10. The number of hydrogen-bond donors (Lipinski definition) is 0. The summed E-state index contributed by atoms with van der Waals surface area (Å²) in [7, 11) is 0. The monoisotopic (exact) mass is 425 g/mol. The van der Waals surface area contributed by atoms with E-state index in [-0.39, 0.29) is 11.5 Å². The van der Waals surface area contributed by atoms with Crippen LogP contribution < -0.4 is 4.74 Å². The van der Waals surface area contributed by atoms with Crippen LogP contribution >= 0.6 is 11.6 Å². The molecule has 0 heterocycles. The maximum absolute atomic E-state index is 11.4. The van der Waals surface area contributed by atoms with Crippen LogP contribution in [0.25, 0.3) is 0 Å². The molecule has 0 unspecified atom stereocenters. The van der Waals surface area contributed by atoms with E-state index < -0.39 is 21.2 Å². The summed E-state index contributed by atoms with van der Waals surface area (Å²) >= 11 is 6.09. The molecule has 0 saturated carbocycles. The highest BCUT2D eigenvalue weighted by Gasteiger charge is 2.22. The Bertz CT molecular complexity index is 1180. The van der Waals surface area contributed by atoms with Crippen molar-refractivity contribution in [1.82, 2.24) is 0 Å². The lowest BCUT2D eigenvalue weighted by atomic mass is 10.1. The third-order valence-electron chi connectivity index (χ3n) is 4.46. The molecular formula is C21H16ClN3O5. The number of hydrogen-bond acceptors (Lipinski definition) is 6. The quantitative estimate of drug-likeness (QED) is 0.261. The fourth-order valence-corrected chi connectivity index (χ4v) is 2.88. The van der Waals surface area contributed by atoms with Gasteiger partial charge in [0.2, 0.25) is 5.75 Å². The van der Waals surface area contributed by atoms with E-state index in [9.17, 15) is 20.2 Å². The van der Waals surface area contributed by atoms with Gasteiger partial charge >= 0.3 is 5.69 Å². The van der Waals surface area contributed by atoms with Crippen molar-refractivity contribution >= 4 is 34.9 Å². The number of aliphatic imine (C=N–C) groups is 1. The number of nitro benzene ring substituents is 2. The van der Waals surface area contributed by atoms with Gasteiger partial charge in [-0.3, -0.25) is 25.2 Å². The molecule has 3 rings (SSSR count). The molecule has 30 heavy (non-hydrogen) atoms. The number of aryl methyl sites for hydroxylation is 1. The highest BCUT2D eigenvalue weighted by atomic mass is 35.5. The number of nitro groups is 2. The van der Waals surface area contributed by atoms with Crippen molar-refractivity contribution in [2.45, 2.75) is 13.8 Å². The van der Waals surface area contributed by atoms with Gasteiger partial charge < -0.3 is 4.74 Å². The summed E-state index contributed by atoms with van der Waals surface area (Å²) < 4.78 is 5.72. The summed E-state index contributed by atoms with van der Waals surface area (Å²) in [6.45, 7) is 3.94. The molecule has 3 aromatic rings. The Morgan fingerprint density at radius 2 is 1.70 bits per heavy atom. The zero-order valence-corrected chi connectivity index (χ0v) is 16.8. The van der Waals surface area contributed by atoms with Gasteiger partial charge in [0.1, 0.15) is 5.75 Å². The topological polar surface area (TPSA) is 108 Å². The standard InChI is InChI=1S/C21H16ClN3O5/c1-13-4-3-5-18(14(13)2)23-12-15-10-16(22)6-8-20(15)30-21-9-7-17(24(26)27)11-19(21)25(28)29/h3-12H,1-2H3. The van der Waals surface area contributed by atoms with Crippen molar-refractivity contribution in [2.75, 3.05) is 0 Å². The van der Waals surface area contributed by atoms with Crippen molar-refractivity contribution in [2.24, 2.45) is 4.99 Å². The molecule has 9 heteroatoms. The SMILES string of the molecule is Cc1cccc(N=Cc2cc(Cl)ccc2Oc2ccc([N+](=O)[O-])cc2[N+](=O)[O-])c1C. The van der Waals surface area contributed by atoms with E-state index in [1.165, 1.54) is 6.07 Å². The first-order valence-corrected chi connectivity index (χ1v) is 9.14. The molecule has 0 radical (unpaired) electrons. The Morgan fingerprint density at radius 1 is 0.967 bits per heavy atom. The molecule has 0 bridgehead atoms. The second-order valence-corrected chi connectivity index (χ2v) is 6.86. The van der Waals surface area contributed by atoms with E-state index in [1.807, 2.05) is 32.0 Å². The number of rotatable bonds is 6. The summed E-state index contributed by atoms with van der Waals surface area (Å²) in [6, 6.07) is 13.7. The predicted molar refractivity (Wildman–Crippen MR) is 114 cm³/mol. The molecule has 0 spiro atoms. The highest BCUT2D eigenvalue weighted by Crippen LogP contribution is 2.36. The molecule has 0 aromatic heterocycles. The molecule has 0 atom stereocenters. The summed E-state index contributed by atoms with van der Waals surface area (Å²) in [5.74, 6) is 0.139. The van der Waals surface area contributed by atoms with Gasteiger partial charge in [0.25, 0.3) is 5.69 Å². The lowest BCUT2D eigenvalue weighted by molar-refractivity contribution is -0.394. The van der Waals surface area contributed by atoms with Gasteiger partial charge in [0.05, 0.1) is 21.6 Å². The Morgan fingerprint density at radius 3 is 2.40 bits per heavy atom. The zero-order chi connectivity index (χ0) is 21.8. The molecular weight excluding hydrogens is 410 g/mol. The van der Waals surface area contributed by atoms with Gasteiger partial charge in [0, 0.05) is 22.9 Å². The number of benzene rings is 3. The van der Waals surface area contributed by atoms with Crippen LogP contribution in [0.3, 0.4) is 0 Å². The van der Waals surface area contributed by atoms with Crippen molar-refractivity contribution in [3.8, 4) is 11.5 Å². The molecule has 0 saturated heterocycles. The van der Waals surface area contributed by atoms with E-state index in [0.717, 1.165) is 28.9 Å². The number of ether oxygens (including phenoxy) is 1. The summed E-state index contributed by atoms with van der Waals surface area (Å²) in [5.41, 5.74) is 2.45. The smallest absolute Gasteiger partial charge is 0.318 e. The maximum Gasteiger partial charge on any atom is 0.318 e. The molecule has 0 aliphatic heterocycles. The summed E-state index contributed by atoms with van der Waals surface area (Å²) in [6.07, 6.45) is 1.56. The van der Waals surface area contributed by atoms with Crippen LogP contribution in [0.4, 0.5) is 17.1 Å². The minimum atomic E-state index is -0.734. The number of halogens is 1. The first kappa shape index (κ1) is 20.9. The van der Waals surface area contributed by atoms with Crippen molar-refractivity contribution in [3.05, 3.63) is 96.5 Å². The van der Waals surface area contributed by atoms with Crippen LogP contribution in [0.15, 0.2) is 59.6 Å². The van der Waals surface area contributed by atoms with E-state index in [0.29, 0.717) is 10.6 Å². The highest BCUT2D eigenvalue weighted by molar-refractivity contribution is 6.30. The Labute approximate surface area is 176 Å². The largest absolute Gasteiger partial charge is 0.449 e. The normalized spacial score (nSPS) is 10.9. The minimum Gasteiger partial charge on any atom is -0.449 e. The van der Waals surface area contributed by atoms with E-state index in [2.05, 4.69) is 4.99 Å². The fourth-order valence-electron chi connectivity index (χ4n) is 2.69. The lowest BCUT2D eigenvalue weighted by Crippen LogP contribution is -1.97. The van der Waals surface area contributed by atoms with Gasteiger partial charge in [-0.1, -0.05) is 23.7 Å². The summed E-state index contributed by atoms with van der Waals surface area (Å²) in [5, 5.41) is 22.7. The first-order valence-electron chi connectivity index (χ1n) is 8.77. The van der Waals surface area contributed by atoms with Crippen LogP contribution in [0.1, 0.15) is 16.7 Å². The van der Waals surface area contributed by atoms with Crippen LogP contribution in [-0.4, -0.2) is 16.1 Å². The van der Waals surface area contributed by atoms with Gasteiger partial charge in [-0.25, -0.2) is 0 Å². The Hall–Kier alpha value is -3.78. The average molecular weight is 426 g/mol. The van der Waals surface area contributed by atoms with Gasteiger partial charge in [-0.2, -0.15) is 0 Å². The number of non-ortho nitro benzene ring substituents is 1. The molecule has 152 valence electrons. The van der Waals surface area contributed by atoms with Crippen LogP contribution in [-0.2, 0) is 0 Å². The average Bonchev–Trinajstić information content (AvgIpc) is 2.70. The van der Waals surface area contributed by atoms with Crippen molar-refractivity contribution in [1.29, 1.82) is 0 Å².